The number of benzene rings is 1. The van der Waals surface area contributed by atoms with Crippen molar-refractivity contribution in [3.63, 3.8) is 0 Å². The van der Waals surface area contributed by atoms with Gasteiger partial charge in [0.25, 0.3) is 5.91 Å². The van der Waals surface area contributed by atoms with E-state index in [1.54, 1.807) is 11.3 Å². The molecule has 6 heteroatoms. The third-order valence-corrected chi connectivity index (χ3v) is 5.72. The first-order valence-corrected chi connectivity index (χ1v) is 10.4. The Hall–Kier alpha value is -2.44. The van der Waals surface area contributed by atoms with Gasteiger partial charge in [0.15, 0.2) is 0 Å². The van der Waals surface area contributed by atoms with Crippen LogP contribution in [0.2, 0.25) is 0 Å². The molecule has 1 saturated heterocycles. The fraction of sp³-hybridized carbons (Fsp3) is 0.333. The van der Waals surface area contributed by atoms with Crippen LogP contribution in [0.4, 0.5) is 0 Å². The second-order valence-corrected chi connectivity index (χ2v) is 7.81. The smallest absolute Gasteiger partial charge is 0.269 e. The van der Waals surface area contributed by atoms with Crippen LogP contribution in [0, 0.1) is 0 Å². The molecule has 1 aliphatic rings. The minimum absolute atomic E-state index is 0.0705. The average Bonchev–Trinajstić information content (AvgIpc) is 3.39. The average molecular weight is 381 g/mol. The summed E-state index contributed by atoms with van der Waals surface area (Å²) in [5, 5.41) is 14.3. The van der Waals surface area contributed by atoms with Gasteiger partial charge in [-0.05, 0) is 48.9 Å². The Kier molecular flexibility index (Phi) is 5.65. The topological polar surface area (TPSA) is 61.0 Å². The normalized spacial score (nSPS) is 17.7. The van der Waals surface area contributed by atoms with Gasteiger partial charge in [0.2, 0.25) is 0 Å². The van der Waals surface area contributed by atoms with E-state index in [9.17, 15) is 4.79 Å². The van der Waals surface area contributed by atoms with Gasteiger partial charge in [0, 0.05) is 30.1 Å². The molecular weight excluding hydrogens is 356 g/mol. The van der Waals surface area contributed by atoms with Crippen molar-refractivity contribution in [3.05, 3.63) is 64.5 Å². The van der Waals surface area contributed by atoms with Crippen molar-refractivity contribution < 1.29 is 4.79 Å². The van der Waals surface area contributed by atoms with Crippen molar-refractivity contribution >= 4 is 17.2 Å². The lowest BCUT2D eigenvalue weighted by atomic mass is 10.0. The second kappa shape index (κ2) is 8.50. The van der Waals surface area contributed by atoms with Crippen LogP contribution < -0.4 is 5.32 Å². The summed E-state index contributed by atoms with van der Waals surface area (Å²) < 4.78 is 0. The van der Waals surface area contributed by atoms with E-state index in [4.69, 9.17) is 0 Å². The molecule has 0 saturated carbocycles. The molecule has 0 radical (unpaired) electrons. The molecule has 1 amide bonds. The Bertz CT molecular complexity index is 859. The van der Waals surface area contributed by atoms with E-state index >= 15 is 0 Å². The van der Waals surface area contributed by atoms with E-state index in [1.807, 2.05) is 22.9 Å². The van der Waals surface area contributed by atoms with Crippen LogP contribution in [0.5, 0.6) is 0 Å². The number of nitrogens with one attached hydrogen (secondary N) is 2. The highest BCUT2D eigenvalue weighted by molar-refractivity contribution is 7.08. The summed E-state index contributed by atoms with van der Waals surface area (Å²) in [5.41, 5.74) is 3.74. The van der Waals surface area contributed by atoms with Gasteiger partial charge in [-0.15, -0.1) is 0 Å². The van der Waals surface area contributed by atoms with E-state index in [1.165, 1.54) is 5.56 Å². The van der Waals surface area contributed by atoms with E-state index in [-0.39, 0.29) is 11.9 Å². The Morgan fingerprint density at radius 1 is 1.30 bits per heavy atom. The Labute approximate surface area is 163 Å². The van der Waals surface area contributed by atoms with Crippen LogP contribution in [0.3, 0.4) is 0 Å². The molecule has 3 heterocycles. The summed E-state index contributed by atoms with van der Waals surface area (Å²) in [6.07, 6.45) is 3.19. The number of H-pyrrole nitrogens is 1. The Balaban J connectivity index is 1.30. The fourth-order valence-electron chi connectivity index (χ4n) is 3.57. The van der Waals surface area contributed by atoms with Crippen molar-refractivity contribution in [2.75, 3.05) is 19.6 Å². The number of carbonyl (C=O) groups excluding carboxylic acids is 1. The highest BCUT2D eigenvalue weighted by atomic mass is 32.1. The number of hydrogen-bond donors (Lipinski definition) is 2. The van der Waals surface area contributed by atoms with Gasteiger partial charge >= 0.3 is 0 Å². The Morgan fingerprint density at radius 3 is 3.00 bits per heavy atom. The first-order chi connectivity index (χ1) is 13.3. The molecule has 140 valence electrons. The third kappa shape index (κ3) is 4.64. The van der Waals surface area contributed by atoms with Gasteiger partial charge in [0.05, 0.1) is 5.69 Å². The molecule has 2 aromatic heterocycles. The molecule has 2 N–H and O–H groups in total. The molecule has 4 rings (SSSR count). The predicted molar refractivity (Wildman–Crippen MR) is 109 cm³/mol. The summed E-state index contributed by atoms with van der Waals surface area (Å²) >= 11 is 1.62. The lowest BCUT2D eigenvalue weighted by Crippen LogP contribution is -2.48. The lowest BCUT2D eigenvalue weighted by Gasteiger charge is -2.33. The van der Waals surface area contributed by atoms with Crippen LogP contribution in [0.1, 0.15) is 28.9 Å². The lowest BCUT2D eigenvalue weighted by molar-refractivity contribution is 0.0899. The summed E-state index contributed by atoms with van der Waals surface area (Å²) in [6, 6.07) is 14.6. The van der Waals surface area contributed by atoms with Crippen molar-refractivity contribution in [1.82, 2.24) is 20.4 Å². The molecule has 0 bridgehead atoms. The molecule has 5 nitrogen and oxygen atoms in total. The van der Waals surface area contributed by atoms with Gasteiger partial charge in [-0.2, -0.15) is 16.4 Å². The maximum absolute atomic E-state index is 12.6. The van der Waals surface area contributed by atoms with Crippen LogP contribution in [0.25, 0.3) is 11.3 Å². The summed E-state index contributed by atoms with van der Waals surface area (Å²) in [7, 11) is 0. The maximum Gasteiger partial charge on any atom is 0.269 e. The molecule has 0 aliphatic carbocycles. The Morgan fingerprint density at radius 2 is 2.19 bits per heavy atom. The van der Waals surface area contributed by atoms with Gasteiger partial charge in [-0.25, -0.2) is 0 Å². The number of piperidine rings is 1. The largest absolute Gasteiger partial charge is 0.347 e. The quantitative estimate of drug-likeness (QED) is 0.687. The minimum Gasteiger partial charge on any atom is -0.347 e. The van der Waals surface area contributed by atoms with Crippen molar-refractivity contribution in [2.45, 2.75) is 25.3 Å². The number of amides is 1. The number of hydrogen-bond acceptors (Lipinski definition) is 4. The molecular formula is C21H24N4OS. The van der Waals surface area contributed by atoms with Crippen molar-refractivity contribution in [2.24, 2.45) is 0 Å². The SMILES string of the molecule is O=C(N[C@H]1CCCN(CCc2ccccc2)C1)c1cc(-c2ccsc2)n[nH]1. The first-order valence-electron chi connectivity index (χ1n) is 9.43. The van der Waals surface area contributed by atoms with Gasteiger partial charge in [0.1, 0.15) is 5.69 Å². The molecule has 27 heavy (non-hydrogen) atoms. The zero-order chi connectivity index (χ0) is 18.5. The minimum atomic E-state index is -0.0705. The van der Waals surface area contributed by atoms with E-state index in [2.05, 4.69) is 50.7 Å². The molecule has 1 fully saturated rings. The number of thiophene rings is 1. The predicted octanol–water partition coefficient (Wildman–Crippen LogP) is 3.58. The van der Waals surface area contributed by atoms with Crippen LogP contribution >= 0.6 is 11.3 Å². The summed E-state index contributed by atoms with van der Waals surface area (Å²) in [5.74, 6) is -0.0705. The highest BCUT2D eigenvalue weighted by Gasteiger charge is 2.22. The standard InChI is InChI=1S/C21H24N4OS/c26-21(20-13-19(23-24-20)17-9-12-27-15-17)22-18-7-4-10-25(14-18)11-8-16-5-2-1-3-6-16/h1-3,5-6,9,12-13,15,18H,4,7-8,10-11,14H2,(H,22,26)(H,23,24)/t18-/m0/s1. The highest BCUT2D eigenvalue weighted by Crippen LogP contribution is 2.20. The summed E-state index contributed by atoms with van der Waals surface area (Å²) in [4.78, 5) is 15.0. The maximum atomic E-state index is 12.6. The van der Waals surface area contributed by atoms with E-state index in [0.29, 0.717) is 5.69 Å². The van der Waals surface area contributed by atoms with Crippen LogP contribution in [-0.4, -0.2) is 46.7 Å². The molecule has 3 aromatic rings. The first kappa shape index (κ1) is 17.9. The number of aromatic amines is 1. The van der Waals surface area contributed by atoms with Crippen molar-refractivity contribution in [1.29, 1.82) is 0 Å². The van der Waals surface area contributed by atoms with E-state index < -0.39 is 0 Å². The second-order valence-electron chi connectivity index (χ2n) is 7.03. The number of carbonyl (C=O) groups is 1. The van der Waals surface area contributed by atoms with Gasteiger partial charge < -0.3 is 10.2 Å². The summed E-state index contributed by atoms with van der Waals surface area (Å²) in [6.45, 7) is 3.04. The van der Waals surface area contributed by atoms with Gasteiger partial charge in [-0.3, -0.25) is 9.89 Å². The molecule has 1 aliphatic heterocycles. The third-order valence-electron chi connectivity index (χ3n) is 5.04. The van der Waals surface area contributed by atoms with Crippen LogP contribution in [0.15, 0.2) is 53.2 Å². The zero-order valence-electron chi connectivity index (χ0n) is 15.2. The number of rotatable bonds is 6. The fourth-order valence-corrected chi connectivity index (χ4v) is 4.22. The molecule has 1 atom stereocenters. The number of aromatic nitrogens is 2. The molecule has 1 aromatic carbocycles. The number of likely N-dealkylation sites (tertiary alicyclic amines) is 1. The van der Waals surface area contributed by atoms with Crippen molar-refractivity contribution in [3.8, 4) is 11.3 Å². The number of nitrogens with zero attached hydrogens (tertiary/aromatic N) is 2. The molecule has 0 unspecified atom stereocenters. The van der Waals surface area contributed by atoms with Gasteiger partial charge in [-0.1, -0.05) is 30.3 Å². The zero-order valence-corrected chi connectivity index (χ0v) is 16.0. The molecule has 0 spiro atoms. The van der Waals surface area contributed by atoms with Crippen LogP contribution in [-0.2, 0) is 6.42 Å². The monoisotopic (exact) mass is 380 g/mol. The van der Waals surface area contributed by atoms with E-state index in [0.717, 1.165) is 50.2 Å².